The van der Waals surface area contributed by atoms with E-state index in [2.05, 4.69) is 6.92 Å². The van der Waals surface area contributed by atoms with Crippen LogP contribution < -0.4 is 0 Å². The normalized spacial score (nSPS) is 13.5. The smallest absolute Gasteiger partial charge is 0.452 e. The molecule has 0 saturated heterocycles. The lowest BCUT2D eigenvalue weighted by atomic mass is 10.00. The zero-order valence-corrected chi connectivity index (χ0v) is 12.4. The Hall–Kier alpha value is -0.433. The highest BCUT2D eigenvalue weighted by atomic mass is 28.4. The topological polar surface area (TPSA) is 54.0 Å². The first-order chi connectivity index (χ1) is 8.09. The molecule has 0 bridgehead atoms. The van der Waals surface area contributed by atoms with E-state index in [9.17, 15) is 4.79 Å². The van der Waals surface area contributed by atoms with Crippen LogP contribution in [-0.2, 0) is 22.5 Å². The molecular weight excluding hydrogens is 240 g/mol. The molecular formula is C11H24O5Si. The van der Waals surface area contributed by atoms with E-state index < -0.39 is 9.05 Å². The molecule has 0 aromatic rings. The van der Waals surface area contributed by atoms with Crippen LogP contribution in [0.1, 0.15) is 39.5 Å². The molecule has 0 spiro atoms. The molecule has 6 heteroatoms. The molecule has 0 aliphatic rings. The zero-order chi connectivity index (χ0) is 13.3. The van der Waals surface area contributed by atoms with Crippen molar-refractivity contribution in [2.75, 3.05) is 21.3 Å². The lowest BCUT2D eigenvalue weighted by Gasteiger charge is -2.24. The Labute approximate surface area is 105 Å². The quantitative estimate of drug-likeness (QED) is 0.597. The Bertz CT molecular complexity index is 210. The first-order valence-electron chi connectivity index (χ1n) is 5.97. The molecule has 5 nitrogen and oxygen atoms in total. The highest BCUT2D eigenvalue weighted by Crippen LogP contribution is 2.18. The fraction of sp³-hybridized carbons (Fsp3) is 0.909. The van der Waals surface area contributed by atoms with Crippen molar-refractivity contribution in [2.24, 2.45) is 5.92 Å². The van der Waals surface area contributed by atoms with Crippen LogP contribution in [0, 0.1) is 5.92 Å². The highest BCUT2D eigenvalue weighted by molar-refractivity contribution is 6.55. The number of unbranched alkanes of at least 4 members (excludes halogenated alkanes) is 1. The first-order valence-corrected chi connectivity index (χ1v) is 7.60. The van der Waals surface area contributed by atoms with Gasteiger partial charge in [-0.25, -0.2) is 0 Å². The summed E-state index contributed by atoms with van der Waals surface area (Å²) in [6.45, 7) is 4.06. The molecule has 0 N–H and O–H groups in total. The maximum atomic E-state index is 11.9. The fourth-order valence-electron chi connectivity index (χ4n) is 1.52. The molecule has 0 aromatic heterocycles. The van der Waals surface area contributed by atoms with Crippen LogP contribution in [0.3, 0.4) is 0 Å². The summed E-state index contributed by atoms with van der Waals surface area (Å²) in [5.41, 5.74) is 0. The van der Waals surface area contributed by atoms with E-state index in [1.54, 1.807) is 0 Å². The Morgan fingerprint density at radius 1 is 1.12 bits per heavy atom. The van der Waals surface area contributed by atoms with Gasteiger partial charge in [-0.1, -0.05) is 26.7 Å². The summed E-state index contributed by atoms with van der Waals surface area (Å²) in [6.07, 6.45) is 3.65. The molecule has 0 amide bonds. The third-order valence-electron chi connectivity index (χ3n) is 2.71. The van der Waals surface area contributed by atoms with Gasteiger partial charge in [-0.15, -0.1) is 0 Å². The van der Waals surface area contributed by atoms with Gasteiger partial charge in [0.1, 0.15) is 0 Å². The first kappa shape index (κ1) is 16.6. The molecule has 1 atom stereocenters. The maximum Gasteiger partial charge on any atom is 0.750 e. The minimum Gasteiger partial charge on any atom is -0.452 e. The zero-order valence-electron chi connectivity index (χ0n) is 11.4. The standard InChI is InChI=1S/C11H24O5Si/c1-6-8-9-10(7-2)11(12)16-17(13-3,14-4)15-5/h10H,6-9H2,1-5H3. The summed E-state index contributed by atoms with van der Waals surface area (Å²) in [4.78, 5) is 11.9. The van der Waals surface area contributed by atoms with Crippen molar-refractivity contribution < 1.29 is 22.5 Å². The third-order valence-corrected chi connectivity index (χ3v) is 4.66. The van der Waals surface area contributed by atoms with Crippen molar-refractivity contribution in [3.8, 4) is 0 Å². The molecule has 0 aliphatic heterocycles. The number of carbonyl (C=O) groups excluding carboxylic acids is 1. The van der Waals surface area contributed by atoms with Gasteiger partial charge < -0.3 is 17.7 Å². The van der Waals surface area contributed by atoms with Gasteiger partial charge in [0, 0.05) is 21.3 Å². The molecule has 102 valence electrons. The predicted octanol–water partition coefficient (Wildman–Crippen LogP) is 2.12. The van der Waals surface area contributed by atoms with Crippen LogP contribution in [0.2, 0.25) is 0 Å². The van der Waals surface area contributed by atoms with Crippen LogP contribution >= 0.6 is 0 Å². The average molecular weight is 264 g/mol. The van der Waals surface area contributed by atoms with Crippen LogP contribution in [0.4, 0.5) is 0 Å². The molecule has 1 unspecified atom stereocenters. The lowest BCUT2D eigenvalue weighted by molar-refractivity contribution is -0.148. The molecule has 0 heterocycles. The van der Waals surface area contributed by atoms with Crippen LogP contribution in [0.15, 0.2) is 0 Å². The molecule has 0 aliphatic carbocycles. The fourth-order valence-corrected chi connectivity index (χ4v) is 2.68. The summed E-state index contributed by atoms with van der Waals surface area (Å²) >= 11 is 0. The van der Waals surface area contributed by atoms with Gasteiger partial charge in [0.25, 0.3) is 5.97 Å². The van der Waals surface area contributed by atoms with Crippen LogP contribution in [0.25, 0.3) is 0 Å². The van der Waals surface area contributed by atoms with E-state index in [0.717, 1.165) is 25.7 Å². The summed E-state index contributed by atoms with van der Waals surface area (Å²) in [7, 11) is 1.00. The SMILES string of the molecule is CCCCC(CC)C(=O)O[Si](OC)(OC)OC. The molecule has 0 aromatic carbocycles. The Morgan fingerprint density at radius 3 is 2.00 bits per heavy atom. The molecule has 0 rings (SSSR count). The Kier molecular flexibility index (Phi) is 8.41. The summed E-state index contributed by atoms with van der Waals surface area (Å²) in [5, 5.41) is 0. The minimum absolute atomic E-state index is 0.109. The largest absolute Gasteiger partial charge is 0.750 e. The number of hydrogen-bond donors (Lipinski definition) is 0. The van der Waals surface area contributed by atoms with E-state index in [4.69, 9.17) is 17.7 Å². The van der Waals surface area contributed by atoms with Gasteiger partial charge >= 0.3 is 9.05 Å². The second-order valence-corrected chi connectivity index (χ2v) is 6.21. The van der Waals surface area contributed by atoms with Gasteiger partial charge in [0.2, 0.25) is 0 Å². The number of carbonyl (C=O) groups is 1. The molecule has 0 radical (unpaired) electrons. The van der Waals surface area contributed by atoms with E-state index in [1.165, 1.54) is 21.3 Å². The highest BCUT2D eigenvalue weighted by Gasteiger charge is 2.47. The third kappa shape index (κ3) is 5.16. The molecule has 0 fully saturated rings. The van der Waals surface area contributed by atoms with E-state index in [1.807, 2.05) is 6.92 Å². The minimum atomic E-state index is -3.25. The number of rotatable bonds is 9. The number of hydrogen-bond acceptors (Lipinski definition) is 5. The monoisotopic (exact) mass is 264 g/mol. The van der Waals surface area contributed by atoms with Crippen LogP contribution in [0.5, 0.6) is 0 Å². The van der Waals surface area contributed by atoms with Crippen LogP contribution in [-0.4, -0.2) is 36.3 Å². The second kappa shape index (κ2) is 8.63. The lowest BCUT2D eigenvalue weighted by Crippen LogP contribution is -2.49. The van der Waals surface area contributed by atoms with Crippen molar-refractivity contribution in [3.63, 3.8) is 0 Å². The predicted molar refractivity (Wildman–Crippen MR) is 66.2 cm³/mol. The van der Waals surface area contributed by atoms with Gasteiger partial charge in [-0.3, -0.25) is 4.79 Å². The Morgan fingerprint density at radius 2 is 1.65 bits per heavy atom. The van der Waals surface area contributed by atoms with E-state index >= 15 is 0 Å². The van der Waals surface area contributed by atoms with Crippen molar-refractivity contribution in [2.45, 2.75) is 39.5 Å². The molecule has 0 saturated carbocycles. The van der Waals surface area contributed by atoms with Crippen molar-refractivity contribution >= 4 is 15.0 Å². The van der Waals surface area contributed by atoms with Gasteiger partial charge in [-0.2, -0.15) is 0 Å². The van der Waals surface area contributed by atoms with Crippen molar-refractivity contribution in [1.29, 1.82) is 0 Å². The summed E-state index contributed by atoms with van der Waals surface area (Å²) < 4.78 is 20.4. The average Bonchev–Trinajstić information content (AvgIpc) is 2.37. The van der Waals surface area contributed by atoms with Gasteiger partial charge in [0.05, 0.1) is 5.92 Å². The van der Waals surface area contributed by atoms with Crippen molar-refractivity contribution in [3.05, 3.63) is 0 Å². The molecule has 17 heavy (non-hydrogen) atoms. The Balaban J connectivity index is 4.46. The van der Waals surface area contributed by atoms with Gasteiger partial charge in [0.15, 0.2) is 0 Å². The summed E-state index contributed by atoms with van der Waals surface area (Å²) in [6, 6.07) is 0. The summed E-state index contributed by atoms with van der Waals surface area (Å²) in [5.74, 6) is -0.402. The van der Waals surface area contributed by atoms with E-state index in [-0.39, 0.29) is 11.9 Å². The maximum absolute atomic E-state index is 11.9. The van der Waals surface area contributed by atoms with Gasteiger partial charge in [-0.05, 0) is 12.8 Å². The van der Waals surface area contributed by atoms with E-state index in [0.29, 0.717) is 0 Å². The van der Waals surface area contributed by atoms with Crippen molar-refractivity contribution in [1.82, 2.24) is 0 Å². The second-order valence-electron chi connectivity index (χ2n) is 3.78.